The second kappa shape index (κ2) is 9.37. The van der Waals surface area contributed by atoms with Crippen LogP contribution in [0.5, 0.6) is 0 Å². The van der Waals surface area contributed by atoms with Gasteiger partial charge in [0.25, 0.3) is 5.92 Å². The Hall–Kier alpha value is -2.17. The molecule has 6 radical (unpaired) electrons. The first-order valence-corrected chi connectivity index (χ1v) is 12.4. The van der Waals surface area contributed by atoms with Crippen LogP contribution in [0.2, 0.25) is 0 Å². The summed E-state index contributed by atoms with van der Waals surface area (Å²) in [4.78, 5) is 16.9. The van der Waals surface area contributed by atoms with E-state index in [2.05, 4.69) is 10.4 Å². The number of nitrogens with one attached hydrogen (secondary N) is 2. The van der Waals surface area contributed by atoms with Crippen molar-refractivity contribution < 1.29 is 18.7 Å². The number of allylic oxidation sites excluding steroid dienone is 1. The van der Waals surface area contributed by atoms with E-state index in [9.17, 15) is 18.7 Å². The number of nitrogens with zero attached hydrogens (tertiary/aromatic N) is 2. The maximum Gasteiger partial charge on any atom is 0.273 e. The summed E-state index contributed by atoms with van der Waals surface area (Å²) in [6.07, 6.45) is 3.57. The highest BCUT2D eigenvalue weighted by atomic mass is 32.1. The number of hydrogen-bond acceptors (Lipinski definition) is 6. The molecule has 1 saturated carbocycles. The van der Waals surface area contributed by atoms with Gasteiger partial charge in [0.1, 0.15) is 5.41 Å². The van der Waals surface area contributed by atoms with E-state index in [-0.39, 0.29) is 11.5 Å². The van der Waals surface area contributed by atoms with Crippen LogP contribution >= 0.6 is 11.3 Å². The fourth-order valence-electron chi connectivity index (χ4n) is 5.16. The molecule has 2 aromatic rings. The maximum absolute atomic E-state index is 14.8. The molecule has 12 heteroatoms. The predicted molar refractivity (Wildman–Crippen MR) is 135 cm³/mol. The van der Waals surface area contributed by atoms with E-state index >= 15 is 0 Å². The van der Waals surface area contributed by atoms with Gasteiger partial charge in [-0.2, -0.15) is 0 Å². The number of halogens is 2. The van der Waals surface area contributed by atoms with Crippen molar-refractivity contribution in [3.8, 4) is 0 Å². The number of aliphatic hydroxyl groups is 1. The van der Waals surface area contributed by atoms with Crippen LogP contribution in [-0.4, -0.2) is 63.8 Å². The van der Waals surface area contributed by atoms with Crippen molar-refractivity contribution >= 4 is 45.9 Å². The molecule has 1 aromatic heterocycles. The van der Waals surface area contributed by atoms with Crippen LogP contribution in [0.1, 0.15) is 49.7 Å². The standard InChI is InChI=1S/C21H19B3F2N4O2S.C2H6/c22-21(23,24)29-17(32)19(10-31)16(20(19,25)26)12-3-1-11(2-4-12)13-5-6-15-14(13)9-28-30(15)18-27-7-8-33-18;1-2/h1-4,7-8,13,16,28,31H,5-6,9-10H2,(H,29,32);1-2H3. The highest BCUT2D eigenvalue weighted by Gasteiger charge is 2.84. The molecule has 0 spiro atoms. The minimum atomic E-state index is -3.47. The largest absolute Gasteiger partial charge is 0.395 e. The van der Waals surface area contributed by atoms with E-state index in [1.165, 1.54) is 11.3 Å². The first-order chi connectivity index (χ1) is 16.6. The van der Waals surface area contributed by atoms with Crippen LogP contribution < -0.4 is 15.8 Å². The summed E-state index contributed by atoms with van der Waals surface area (Å²) in [7, 11) is 16.0. The number of benzene rings is 1. The van der Waals surface area contributed by atoms with E-state index in [0.29, 0.717) is 6.54 Å². The minimum Gasteiger partial charge on any atom is -0.395 e. The van der Waals surface area contributed by atoms with E-state index < -0.39 is 35.0 Å². The number of carbonyl (C=O) groups excluding carboxylic acids is 1. The van der Waals surface area contributed by atoms with Gasteiger partial charge in [-0.25, -0.2) is 19.2 Å². The molecule has 1 aliphatic heterocycles. The number of hydrazine groups is 1. The van der Waals surface area contributed by atoms with Crippen LogP contribution in [-0.2, 0) is 4.79 Å². The summed E-state index contributed by atoms with van der Waals surface area (Å²) in [5.41, 5.74) is 4.75. The van der Waals surface area contributed by atoms with Crippen molar-refractivity contribution in [1.82, 2.24) is 15.7 Å². The van der Waals surface area contributed by atoms with Gasteiger partial charge in [0.2, 0.25) is 11.0 Å². The van der Waals surface area contributed by atoms with Crippen molar-refractivity contribution in [1.29, 1.82) is 0 Å². The number of aromatic nitrogens is 1. The normalized spacial score (nSPS) is 26.7. The van der Waals surface area contributed by atoms with Crippen LogP contribution in [0, 0.1) is 5.41 Å². The summed E-state index contributed by atoms with van der Waals surface area (Å²) < 4.78 is 29.6. The van der Waals surface area contributed by atoms with Crippen molar-refractivity contribution in [2.75, 3.05) is 18.2 Å². The Balaban J connectivity index is 0.00000141. The Bertz CT molecular complexity index is 1110. The lowest BCUT2D eigenvalue weighted by Gasteiger charge is -2.25. The molecule has 0 bridgehead atoms. The topological polar surface area (TPSA) is 77.5 Å². The summed E-state index contributed by atoms with van der Waals surface area (Å²) >= 11 is 1.56. The van der Waals surface area contributed by atoms with Crippen molar-refractivity contribution in [3.05, 3.63) is 58.2 Å². The van der Waals surface area contributed by atoms with E-state index in [0.717, 1.165) is 23.5 Å². The number of carbonyl (C=O) groups is 1. The fraction of sp³-hybridized carbons (Fsp3) is 0.478. The van der Waals surface area contributed by atoms with Crippen LogP contribution in [0.3, 0.4) is 0 Å². The second-order valence-electron chi connectivity index (χ2n) is 8.79. The fourth-order valence-corrected chi connectivity index (χ4v) is 5.81. The van der Waals surface area contributed by atoms with Gasteiger partial charge >= 0.3 is 0 Å². The second-order valence-corrected chi connectivity index (χ2v) is 9.66. The Morgan fingerprint density at radius 2 is 1.94 bits per heavy atom. The SMILES string of the molecule is CC.[B]C([B])([B])NC(=O)C1(CO)C(c2ccc(C3CCC4=C3CNN4c3nccs3)cc2)C1(F)F. The number of rotatable bonds is 6. The number of amides is 1. The molecular formula is C23H25B3F2N4O2S. The Morgan fingerprint density at radius 3 is 2.51 bits per heavy atom. The van der Waals surface area contributed by atoms with Crippen LogP contribution in [0.4, 0.5) is 13.9 Å². The molecule has 2 aliphatic carbocycles. The number of thiazole rings is 1. The summed E-state index contributed by atoms with van der Waals surface area (Å²) in [6.45, 7) is 3.64. The lowest BCUT2D eigenvalue weighted by atomic mass is 9.49. The predicted octanol–water partition coefficient (Wildman–Crippen LogP) is 2.27. The van der Waals surface area contributed by atoms with Gasteiger partial charge in [-0.3, -0.25) is 9.80 Å². The average molecular weight is 492 g/mol. The monoisotopic (exact) mass is 492 g/mol. The first-order valence-electron chi connectivity index (χ1n) is 11.5. The van der Waals surface area contributed by atoms with Gasteiger partial charge in [0.15, 0.2) is 0 Å². The van der Waals surface area contributed by atoms with Gasteiger partial charge in [-0.1, -0.05) is 43.3 Å². The Kier molecular flexibility index (Phi) is 6.94. The molecule has 1 amide bonds. The summed E-state index contributed by atoms with van der Waals surface area (Å²) in [5.74, 6) is -5.98. The lowest BCUT2D eigenvalue weighted by Crippen LogP contribution is -2.54. The molecule has 6 nitrogen and oxygen atoms in total. The highest BCUT2D eigenvalue weighted by Crippen LogP contribution is 2.71. The third kappa shape index (κ3) is 4.23. The molecular weight excluding hydrogens is 467 g/mol. The van der Waals surface area contributed by atoms with Crippen molar-refractivity contribution in [3.63, 3.8) is 0 Å². The average Bonchev–Trinajstić information content (AvgIpc) is 3.38. The van der Waals surface area contributed by atoms with Crippen molar-refractivity contribution in [2.24, 2.45) is 5.41 Å². The molecule has 3 N–H and O–H groups in total. The van der Waals surface area contributed by atoms with Gasteiger partial charge in [-0.05, 0) is 29.5 Å². The summed E-state index contributed by atoms with van der Waals surface area (Å²) in [6, 6.07) is 6.82. The molecule has 35 heavy (non-hydrogen) atoms. The van der Waals surface area contributed by atoms with Gasteiger partial charge in [-0.15, -0.1) is 11.3 Å². The molecule has 0 saturated heterocycles. The third-order valence-corrected chi connectivity index (χ3v) is 7.55. The van der Waals surface area contributed by atoms with E-state index in [1.54, 1.807) is 29.7 Å². The van der Waals surface area contributed by atoms with Crippen LogP contribution in [0.25, 0.3) is 0 Å². The van der Waals surface area contributed by atoms with Gasteiger partial charge in [0, 0.05) is 29.7 Å². The number of anilines is 1. The molecule has 1 fully saturated rings. The minimum absolute atomic E-state index is 0.171. The molecule has 3 aliphatic rings. The molecule has 2 heterocycles. The smallest absolute Gasteiger partial charge is 0.273 e. The third-order valence-electron chi connectivity index (χ3n) is 6.79. The lowest BCUT2D eigenvalue weighted by molar-refractivity contribution is -0.132. The van der Waals surface area contributed by atoms with E-state index in [1.807, 2.05) is 41.7 Å². The molecule has 3 unspecified atom stereocenters. The molecule has 3 atom stereocenters. The Labute approximate surface area is 211 Å². The zero-order valence-corrected chi connectivity index (χ0v) is 20.4. The zero-order valence-electron chi connectivity index (χ0n) is 19.6. The Morgan fingerprint density at radius 1 is 1.29 bits per heavy atom. The summed E-state index contributed by atoms with van der Waals surface area (Å²) in [5, 5.41) is 14.4. The first kappa shape index (κ1) is 25.9. The van der Waals surface area contributed by atoms with E-state index in [4.69, 9.17) is 23.5 Å². The molecule has 1 aromatic carbocycles. The van der Waals surface area contributed by atoms with Gasteiger partial charge in [0.05, 0.1) is 36.1 Å². The molecule has 178 valence electrons. The highest BCUT2D eigenvalue weighted by molar-refractivity contribution is 7.13. The quantitative estimate of drug-likeness (QED) is 0.540. The number of hydrogen-bond donors (Lipinski definition) is 3. The number of aliphatic hydroxyl groups excluding tert-OH is 1. The van der Waals surface area contributed by atoms with Gasteiger partial charge < -0.3 is 10.4 Å². The zero-order chi connectivity index (χ0) is 25.6. The maximum atomic E-state index is 14.8. The number of alkyl halides is 2. The molecule has 5 rings (SSSR count). The van der Waals surface area contributed by atoms with Crippen LogP contribution in [0.15, 0.2) is 47.1 Å². The van der Waals surface area contributed by atoms with Crippen molar-refractivity contribution in [2.45, 2.75) is 49.7 Å².